The van der Waals surface area contributed by atoms with Gasteiger partial charge in [-0.3, -0.25) is 0 Å². The van der Waals surface area contributed by atoms with E-state index in [1.807, 2.05) is 36.2 Å². The number of hydrogen-bond acceptors (Lipinski definition) is 4. The Kier molecular flexibility index (Phi) is 5.79. The minimum absolute atomic E-state index is 0.126. The summed E-state index contributed by atoms with van der Waals surface area (Å²) < 4.78 is 50.9. The number of halogens is 3. The monoisotopic (exact) mass is 380 g/mol. The van der Waals surface area contributed by atoms with Crippen molar-refractivity contribution in [2.45, 2.75) is 25.2 Å². The minimum atomic E-state index is -4.45. The van der Waals surface area contributed by atoms with Gasteiger partial charge in [0.1, 0.15) is 17.6 Å². The maximum absolute atomic E-state index is 13.3. The van der Waals surface area contributed by atoms with Gasteiger partial charge in [-0.15, -0.1) is 0 Å². The van der Waals surface area contributed by atoms with Gasteiger partial charge in [-0.1, -0.05) is 12.1 Å². The molecule has 1 aliphatic rings. The highest BCUT2D eigenvalue weighted by molar-refractivity contribution is 5.53. The van der Waals surface area contributed by atoms with Gasteiger partial charge in [0.25, 0.3) is 0 Å². The average Bonchev–Trinajstić information content (AvgIpc) is 3.04. The molecule has 0 aliphatic carbocycles. The maximum Gasteiger partial charge on any atom is 0.419 e. The Balaban J connectivity index is 1.76. The highest BCUT2D eigenvalue weighted by Crippen LogP contribution is 2.38. The Morgan fingerprint density at radius 3 is 2.67 bits per heavy atom. The molecule has 0 bridgehead atoms. The summed E-state index contributed by atoms with van der Waals surface area (Å²) in [6.45, 7) is 1.91. The lowest BCUT2D eigenvalue weighted by Gasteiger charge is -2.19. The molecule has 7 heteroatoms. The molecular weight excluding hydrogens is 357 g/mol. The molecule has 0 amide bonds. The topological polar surface area (TPSA) is 33.7 Å². The van der Waals surface area contributed by atoms with E-state index in [0.29, 0.717) is 18.8 Å². The SMILES string of the molecule is COc1cccc(CNc2ccc(C(F)(F)F)c(O[C@@H]3CCN(C)C3)c2)c1. The summed E-state index contributed by atoms with van der Waals surface area (Å²) in [5, 5.41) is 3.15. The molecule has 146 valence electrons. The van der Waals surface area contributed by atoms with Gasteiger partial charge in [-0.05, 0) is 43.3 Å². The molecule has 1 saturated heterocycles. The Labute approximate surface area is 156 Å². The van der Waals surface area contributed by atoms with Crippen LogP contribution in [-0.4, -0.2) is 38.3 Å². The van der Waals surface area contributed by atoms with Gasteiger partial charge < -0.3 is 19.7 Å². The molecule has 0 aromatic heterocycles. The van der Waals surface area contributed by atoms with E-state index in [2.05, 4.69) is 5.32 Å². The quantitative estimate of drug-likeness (QED) is 0.805. The number of likely N-dealkylation sites (tertiary alicyclic amines) is 1. The predicted molar refractivity (Wildman–Crippen MR) is 98.3 cm³/mol. The largest absolute Gasteiger partial charge is 0.497 e. The van der Waals surface area contributed by atoms with Crippen molar-refractivity contribution in [1.29, 1.82) is 0 Å². The van der Waals surface area contributed by atoms with Crippen LogP contribution in [0.1, 0.15) is 17.5 Å². The zero-order valence-electron chi connectivity index (χ0n) is 15.3. The Morgan fingerprint density at radius 2 is 2.00 bits per heavy atom. The van der Waals surface area contributed by atoms with Crippen LogP contribution < -0.4 is 14.8 Å². The molecule has 0 saturated carbocycles. The summed E-state index contributed by atoms with van der Waals surface area (Å²) in [6.07, 6.45) is -3.97. The van der Waals surface area contributed by atoms with Crippen molar-refractivity contribution in [1.82, 2.24) is 4.90 Å². The molecule has 2 aromatic rings. The Bertz CT molecular complexity index is 780. The Hall–Kier alpha value is -2.41. The third-order valence-electron chi connectivity index (χ3n) is 4.56. The summed E-state index contributed by atoms with van der Waals surface area (Å²) in [4.78, 5) is 2.04. The van der Waals surface area contributed by atoms with E-state index in [-0.39, 0.29) is 11.9 Å². The normalized spacial score (nSPS) is 17.7. The molecule has 2 aromatic carbocycles. The first-order chi connectivity index (χ1) is 12.8. The first-order valence-electron chi connectivity index (χ1n) is 8.78. The third-order valence-corrected chi connectivity index (χ3v) is 4.56. The summed E-state index contributed by atoms with van der Waals surface area (Å²) in [6, 6.07) is 11.4. The number of hydrogen-bond donors (Lipinski definition) is 1. The molecule has 1 N–H and O–H groups in total. The molecule has 0 unspecified atom stereocenters. The smallest absolute Gasteiger partial charge is 0.419 e. The summed E-state index contributed by atoms with van der Waals surface area (Å²) in [5.74, 6) is 0.606. The first-order valence-corrected chi connectivity index (χ1v) is 8.78. The van der Waals surface area contributed by atoms with E-state index in [1.165, 1.54) is 12.1 Å². The van der Waals surface area contributed by atoms with Gasteiger partial charge in [0, 0.05) is 31.4 Å². The second kappa shape index (κ2) is 8.08. The van der Waals surface area contributed by atoms with Crippen LogP contribution in [0.5, 0.6) is 11.5 Å². The molecule has 1 aliphatic heterocycles. The van der Waals surface area contributed by atoms with Crippen molar-refractivity contribution in [3.05, 3.63) is 53.6 Å². The van der Waals surface area contributed by atoms with Crippen molar-refractivity contribution in [2.24, 2.45) is 0 Å². The second-order valence-electron chi connectivity index (χ2n) is 6.70. The van der Waals surface area contributed by atoms with Crippen LogP contribution in [0.4, 0.5) is 18.9 Å². The van der Waals surface area contributed by atoms with Crippen LogP contribution in [-0.2, 0) is 12.7 Å². The third kappa shape index (κ3) is 5.07. The van der Waals surface area contributed by atoms with Crippen molar-refractivity contribution >= 4 is 5.69 Å². The Morgan fingerprint density at radius 1 is 1.19 bits per heavy atom. The van der Waals surface area contributed by atoms with Gasteiger partial charge in [0.15, 0.2) is 0 Å². The van der Waals surface area contributed by atoms with Gasteiger partial charge in [-0.25, -0.2) is 0 Å². The molecule has 4 nitrogen and oxygen atoms in total. The molecule has 27 heavy (non-hydrogen) atoms. The standard InChI is InChI=1S/C20H23F3N2O2/c1-25-9-8-17(13-25)27-19-11-15(6-7-18(19)20(21,22)23)24-12-14-4-3-5-16(10-14)26-2/h3-7,10-11,17,24H,8-9,12-13H2,1-2H3/t17-/m1/s1. The van der Waals surface area contributed by atoms with Gasteiger partial charge in [-0.2, -0.15) is 13.2 Å². The first kappa shape index (κ1) is 19.4. The van der Waals surface area contributed by atoms with E-state index < -0.39 is 11.7 Å². The van der Waals surface area contributed by atoms with Crippen LogP contribution in [0.2, 0.25) is 0 Å². The van der Waals surface area contributed by atoms with Crippen molar-refractivity contribution in [3.8, 4) is 11.5 Å². The lowest BCUT2D eigenvalue weighted by atomic mass is 10.1. The van der Waals surface area contributed by atoms with Crippen LogP contribution in [0.25, 0.3) is 0 Å². The fourth-order valence-electron chi connectivity index (χ4n) is 3.12. The predicted octanol–water partition coefficient (Wildman–Crippen LogP) is 4.41. The summed E-state index contributed by atoms with van der Waals surface area (Å²) >= 11 is 0. The van der Waals surface area contributed by atoms with Crippen LogP contribution >= 0.6 is 0 Å². The van der Waals surface area contributed by atoms with E-state index >= 15 is 0 Å². The fraction of sp³-hybridized carbons (Fsp3) is 0.400. The summed E-state index contributed by atoms with van der Waals surface area (Å²) in [7, 11) is 3.52. The fourth-order valence-corrected chi connectivity index (χ4v) is 3.12. The maximum atomic E-state index is 13.3. The van der Waals surface area contributed by atoms with Crippen LogP contribution in [0.15, 0.2) is 42.5 Å². The molecule has 1 fully saturated rings. The lowest BCUT2D eigenvalue weighted by Crippen LogP contribution is -2.23. The number of anilines is 1. The lowest BCUT2D eigenvalue weighted by molar-refractivity contribution is -0.139. The van der Waals surface area contributed by atoms with Crippen LogP contribution in [0, 0.1) is 0 Å². The van der Waals surface area contributed by atoms with Gasteiger partial charge in [0.05, 0.1) is 12.7 Å². The number of rotatable bonds is 6. The highest BCUT2D eigenvalue weighted by Gasteiger charge is 2.35. The number of likely N-dealkylation sites (N-methyl/N-ethyl adjacent to an activating group) is 1. The molecular formula is C20H23F3N2O2. The number of alkyl halides is 3. The van der Waals surface area contributed by atoms with Crippen molar-refractivity contribution in [3.63, 3.8) is 0 Å². The number of ether oxygens (including phenoxy) is 2. The zero-order chi connectivity index (χ0) is 19.4. The van der Waals surface area contributed by atoms with Gasteiger partial charge in [0.2, 0.25) is 0 Å². The van der Waals surface area contributed by atoms with E-state index in [9.17, 15) is 13.2 Å². The zero-order valence-corrected chi connectivity index (χ0v) is 15.3. The number of methoxy groups -OCH3 is 1. The molecule has 0 radical (unpaired) electrons. The van der Waals surface area contributed by atoms with Crippen molar-refractivity contribution < 1.29 is 22.6 Å². The molecule has 1 atom stereocenters. The number of nitrogens with zero attached hydrogens (tertiary/aromatic N) is 1. The second-order valence-corrected chi connectivity index (χ2v) is 6.70. The van der Waals surface area contributed by atoms with E-state index in [0.717, 1.165) is 30.3 Å². The van der Waals surface area contributed by atoms with Crippen molar-refractivity contribution in [2.75, 3.05) is 32.6 Å². The minimum Gasteiger partial charge on any atom is -0.497 e. The molecule has 1 heterocycles. The average molecular weight is 380 g/mol. The number of nitrogens with one attached hydrogen (secondary N) is 1. The molecule has 3 rings (SSSR count). The summed E-state index contributed by atoms with van der Waals surface area (Å²) in [5.41, 5.74) is 0.797. The van der Waals surface area contributed by atoms with Crippen LogP contribution in [0.3, 0.4) is 0 Å². The highest BCUT2D eigenvalue weighted by atomic mass is 19.4. The van der Waals surface area contributed by atoms with E-state index in [1.54, 1.807) is 7.11 Å². The van der Waals surface area contributed by atoms with Gasteiger partial charge >= 0.3 is 6.18 Å². The molecule has 0 spiro atoms. The number of benzene rings is 2. The van der Waals surface area contributed by atoms with E-state index in [4.69, 9.17) is 9.47 Å².